The second-order valence-corrected chi connectivity index (χ2v) is 7.86. The van der Waals surface area contributed by atoms with Crippen LogP contribution in [0.25, 0.3) is 10.9 Å². The van der Waals surface area contributed by atoms with E-state index in [4.69, 9.17) is 9.47 Å². The van der Waals surface area contributed by atoms with Gasteiger partial charge in [-0.15, -0.1) is 0 Å². The number of amides is 1. The third-order valence-corrected chi connectivity index (χ3v) is 6.10. The highest BCUT2D eigenvalue weighted by molar-refractivity contribution is 6.06. The molecule has 0 aliphatic carbocycles. The monoisotopic (exact) mass is 407 g/mol. The van der Waals surface area contributed by atoms with Gasteiger partial charge in [-0.3, -0.25) is 9.69 Å². The zero-order valence-corrected chi connectivity index (χ0v) is 18.1. The minimum absolute atomic E-state index is 0.0364. The van der Waals surface area contributed by atoms with Crippen molar-refractivity contribution in [1.82, 2.24) is 15.2 Å². The van der Waals surface area contributed by atoms with Crippen molar-refractivity contribution in [1.29, 1.82) is 0 Å². The van der Waals surface area contributed by atoms with E-state index in [0.717, 1.165) is 54.2 Å². The lowest BCUT2D eigenvalue weighted by molar-refractivity contribution is 0.0949. The number of aryl methyl sites for hydroxylation is 2. The number of methoxy groups -OCH3 is 2. The number of H-pyrrole nitrogens is 1. The summed E-state index contributed by atoms with van der Waals surface area (Å²) in [6.07, 6.45) is 0.962. The van der Waals surface area contributed by atoms with E-state index in [-0.39, 0.29) is 5.91 Å². The average Bonchev–Trinajstić information content (AvgIpc) is 3.06. The molecule has 0 fully saturated rings. The van der Waals surface area contributed by atoms with Crippen LogP contribution >= 0.6 is 0 Å². The molecule has 2 N–H and O–H groups in total. The minimum atomic E-state index is -0.0364. The number of aromatic amines is 1. The fourth-order valence-corrected chi connectivity index (χ4v) is 4.23. The number of fused-ring (bicyclic) bond motifs is 2. The van der Waals surface area contributed by atoms with Crippen molar-refractivity contribution < 1.29 is 14.3 Å². The first-order valence-corrected chi connectivity index (χ1v) is 10.3. The second kappa shape index (κ2) is 8.40. The molecule has 1 aliphatic heterocycles. The van der Waals surface area contributed by atoms with Gasteiger partial charge in [-0.05, 0) is 55.2 Å². The number of hydrogen-bond acceptors (Lipinski definition) is 4. The number of nitrogens with one attached hydrogen (secondary N) is 2. The van der Waals surface area contributed by atoms with E-state index >= 15 is 0 Å². The molecule has 6 nitrogen and oxygen atoms in total. The number of hydrogen-bond donors (Lipinski definition) is 2. The van der Waals surface area contributed by atoms with E-state index in [9.17, 15) is 4.79 Å². The molecule has 1 amide bonds. The van der Waals surface area contributed by atoms with Gasteiger partial charge in [0, 0.05) is 37.3 Å². The third-order valence-electron chi connectivity index (χ3n) is 6.10. The van der Waals surface area contributed by atoms with Crippen LogP contribution in [-0.4, -0.2) is 49.6 Å². The molecule has 0 radical (unpaired) electrons. The number of aromatic nitrogens is 1. The van der Waals surface area contributed by atoms with Crippen molar-refractivity contribution >= 4 is 16.8 Å². The Morgan fingerprint density at radius 1 is 1.13 bits per heavy atom. The summed E-state index contributed by atoms with van der Waals surface area (Å²) in [5, 5.41) is 4.20. The van der Waals surface area contributed by atoms with Gasteiger partial charge in [0.15, 0.2) is 11.5 Å². The molecule has 158 valence electrons. The molecule has 0 saturated carbocycles. The van der Waals surface area contributed by atoms with Gasteiger partial charge in [0.1, 0.15) is 0 Å². The zero-order valence-electron chi connectivity index (χ0n) is 18.1. The molecule has 0 unspecified atom stereocenters. The zero-order chi connectivity index (χ0) is 21.3. The summed E-state index contributed by atoms with van der Waals surface area (Å²) in [5.41, 5.74) is 6.47. The van der Waals surface area contributed by atoms with Crippen molar-refractivity contribution in [3.05, 3.63) is 58.3 Å². The van der Waals surface area contributed by atoms with Crippen molar-refractivity contribution in [3.8, 4) is 11.5 Å². The number of ether oxygens (including phenoxy) is 2. The van der Waals surface area contributed by atoms with E-state index in [1.165, 1.54) is 16.7 Å². The Balaban J connectivity index is 1.39. The molecule has 1 aromatic heterocycles. The molecule has 0 bridgehead atoms. The standard InChI is InChI=1S/C24H29N3O3/c1-15-16(2)26-23-19(15)6-5-7-20(23)24(28)25-9-11-27-10-8-17-12-21(29-3)22(30-4)13-18(17)14-27/h5-7,12-13,26H,8-11,14H2,1-4H3,(H,25,28). The topological polar surface area (TPSA) is 66.6 Å². The van der Waals surface area contributed by atoms with E-state index < -0.39 is 0 Å². The Labute approximate surface area is 177 Å². The van der Waals surface area contributed by atoms with Gasteiger partial charge in [0.2, 0.25) is 0 Å². The molecule has 2 aromatic carbocycles. The Hall–Kier alpha value is -2.99. The van der Waals surface area contributed by atoms with E-state index in [1.807, 2.05) is 19.1 Å². The van der Waals surface area contributed by atoms with Crippen molar-refractivity contribution in [3.63, 3.8) is 0 Å². The summed E-state index contributed by atoms with van der Waals surface area (Å²) >= 11 is 0. The van der Waals surface area contributed by atoms with Crippen molar-refractivity contribution in [2.24, 2.45) is 0 Å². The summed E-state index contributed by atoms with van der Waals surface area (Å²) in [6.45, 7) is 7.33. The lowest BCUT2D eigenvalue weighted by atomic mass is 9.99. The summed E-state index contributed by atoms with van der Waals surface area (Å²) in [4.78, 5) is 18.5. The molecule has 4 rings (SSSR count). The highest BCUT2D eigenvalue weighted by Crippen LogP contribution is 2.33. The fourth-order valence-electron chi connectivity index (χ4n) is 4.23. The SMILES string of the molecule is COc1cc2c(cc1OC)CN(CCNC(=O)c1cccc3c(C)c(C)[nH]c13)CC2. The smallest absolute Gasteiger partial charge is 0.253 e. The molecular weight excluding hydrogens is 378 g/mol. The van der Waals surface area contributed by atoms with Gasteiger partial charge in [0.05, 0.1) is 25.3 Å². The lowest BCUT2D eigenvalue weighted by Crippen LogP contribution is -2.37. The minimum Gasteiger partial charge on any atom is -0.493 e. The highest BCUT2D eigenvalue weighted by atomic mass is 16.5. The first kappa shape index (κ1) is 20.3. The summed E-state index contributed by atoms with van der Waals surface area (Å²) in [6, 6.07) is 10.0. The Morgan fingerprint density at radius 2 is 1.87 bits per heavy atom. The molecule has 1 aliphatic rings. The first-order valence-electron chi connectivity index (χ1n) is 10.3. The molecule has 6 heteroatoms. The maximum absolute atomic E-state index is 12.8. The van der Waals surface area contributed by atoms with Crippen LogP contribution in [0.1, 0.15) is 32.7 Å². The highest BCUT2D eigenvalue weighted by Gasteiger charge is 2.20. The van der Waals surface area contributed by atoms with Crippen molar-refractivity contribution in [2.75, 3.05) is 33.9 Å². The summed E-state index contributed by atoms with van der Waals surface area (Å²) in [5.74, 6) is 1.50. The Kier molecular flexibility index (Phi) is 5.68. The number of nitrogens with zero attached hydrogens (tertiary/aromatic N) is 1. The number of carbonyl (C=O) groups excluding carboxylic acids is 1. The van der Waals surface area contributed by atoms with Crippen LogP contribution in [0, 0.1) is 13.8 Å². The van der Waals surface area contributed by atoms with Crippen LogP contribution in [-0.2, 0) is 13.0 Å². The Bertz CT molecular complexity index is 1090. The normalized spacial score (nSPS) is 13.9. The molecular formula is C24H29N3O3. The fraction of sp³-hybridized carbons (Fsp3) is 0.375. The predicted octanol–water partition coefficient (Wildman–Crippen LogP) is 3.59. The number of rotatable bonds is 6. The van der Waals surface area contributed by atoms with Gasteiger partial charge in [-0.1, -0.05) is 12.1 Å². The average molecular weight is 408 g/mol. The van der Waals surface area contributed by atoms with E-state index in [2.05, 4.69) is 40.3 Å². The molecule has 3 aromatic rings. The molecule has 0 atom stereocenters. The number of carbonyl (C=O) groups is 1. The van der Waals surface area contributed by atoms with Gasteiger partial charge in [-0.25, -0.2) is 0 Å². The van der Waals surface area contributed by atoms with Crippen molar-refractivity contribution in [2.45, 2.75) is 26.8 Å². The van der Waals surface area contributed by atoms with Crippen LogP contribution in [0.2, 0.25) is 0 Å². The number of benzene rings is 2. The predicted molar refractivity (Wildman–Crippen MR) is 119 cm³/mol. The molecule has 30 heavy (non-hydrogen) atoms. The molecule has 2 heterocycles. The quantitative estimate of drug-likeness (QED) is 0.655. The maximum Gasteiger partial charge on any atom is 0.253 e. The third kappa shape index (κ3) is 3.75. The van der Waals surface area contributed by atoms with Crippen LogP contribution < -0.4 is 14.8 Å². The lowest BCUT2D eigenvalue weighted by Gasteiger charge is -2.29. The number of para-hydroxylation sites is 1. The van der Waals surface area contributed by atoms with E-state index in [0.29, 0.717) is 12.1 Å². The van der Waals surface area contributed by atoms with Crippen LogP contribution in [0.3, 0.4) is 0 Å². The van der Waals surface area contributed by atoms with Crippen LogP contribution in [0.5, 0.6) is 11.5 Å². The summed E-state index contributed by atoms with van der Waals surface area (Å²) in [7, 11) is 3.33. The molecule has 0 saturated heterocycles. The Morgan fingerprint density at radius 3 is 2.60 bits per heavy atom. The van der Waals surface area contributed by atoms with Crippen LogP contribution in [0.15, 0.2) is 30.3 Å². The van der Waals surface area contributed by atoms with Gasteiger partial charge < -0.3 is 19.8 Å². The van der Waals surface area contributed by atoms with Gasteiger partial charge in [0.25, 0.3) is 5.91 Å². The van der Waals surface area contributed by atoms with Gasteiger partial charge in [-0.2, -0.15) is 0 Å². The maximum atomic E-state index is 12.8. The van der Waals surface area contributed by atoms with Gasteiger partial charge >= 0.3 is 0 Å². The largest absolute Gasteiger partial charge is 0.493 e. The molecule has 0 spiro atoms. The van der Waals surface area contributed by atoms with Crippen LogP contribution in [0.4, 0.5) is 0 Å². The summed E-state index contributed by atoms with van der Waals surface area (Å²) < 4.78 is 10.9. The second-order valence-electron chi connectivity index (χ2n) is 7.86. The first-order chi connectivity index (χ1) is 14.5. The van der Waals surface area contributed by atoms with E-state index in [1.54, 1.807) is 14.2 Å².